The Morgan fingerprint density at radius 2 is 1.58 bits per heavy atom. The molecule has 1 N–H and O–H groups in total. The first-order valence-electron chi connectivity index (χ1n) is 6.69. The molecule has 0 saturated heterocycles. The average molecular weight is 274 g/mol. The minimum atomic E-state index is 0.318. The predicted octanol–water partition coefficient (Wildman–Crippen LogP) is 5.52. The first-order valence-corrected chi connectivity index (χ1v) is 7.06. The maximum atomic E-state index is 5.94. The molecule has 0 aliphatic rings. The second kappa shape index (κ2) is 6.12. The number of anilines is 1. The van der Waals surface area contributed by atoms with Crippen molar-refractivity contribution in [2.24, 2.45) is 0 Å². The van der Waals surface area contributed by atoms with E-state index in [0.717, 1.165) is 11.4 Å². The highest BCUT2D eigenvalue weighted by molar-refractivity contribution is 6.30. The maximum absolute atomic E-state index is 5.94. The quantitative estimate of drug-likeness (QED) is 0.773. The van der Waals surface area contributed by atoms with E-state index in [1.54, 1.807) is 0 Å². The van der Waals surface area contributed by atoms with Crippen LogP contribution in [0.15, 0.2) is 42.5 Å². The van der Waals surface area contributed by atoms with Gasteiger partial charge in [-0.05, 0) is 61.2 Å². The molecular formula is C17H20ClN. The van der Waals surface area contributed by atoms with Crippen LogP contribution in [0.2, 0.25) is 5.02 Å². The fourth-order valence-corrected chi connectivity index (χ4v) is 2.50. The van der Waals surface area contributed by atoms with Crippen LogP contribution >= 0.6 is 11.6 Å². The topological polar surface area (TPSA) is 12.0 Å². The van der Waals surface area contributed by atoms with E-state index in [-0.39, 0.29) is 0 Å². The Bertz CT molecular complexity index is 525. The van der Waals surface area contributed by atoms with Crippen LogP contribution in [-0.4, -0.2) is 0 Å². The number of nitrogens with one attached hydrogen (secondary N) is 1. The molecule has 100 valence electrons. The molecule has 1 atom stereocenters. The second-order valence-corrected chi connectivity index (χ2v) is 5.47. The smallest absolute Gasteiger partial charge is 0.0511 e. The van der Waals surface area contributed by atoms with Crippen molar-refractivity contribution in [1.82, 2.24) is 0 Å². The Morgan fingerprint density at radius 1 is 1.00 bits per heavy atom. The predicted molar refractivity (Wildman–Crippen MR) is 84.0 cm³/mol. The van der Waals surface area contributed by atoms with Crippen LogP contribution in [0.3, 0.4) is 0 Å². The zero-order chi connectivity index (χ0) is 13.8. The lowest BCUT2D eigenvalue weighted by Crippen LogP contribution is -2.09. The van der Waals surface area contributed by atoms with E-state index < -0.39 is 0 Å². The summed E-state index contributed by atoms with van der Waals surface area (Å²) in [5.41, 5.74) is 5.02. The Balaban J connectivity index is 2.21. The summed E-state index contributed by atoms with van der Waals surface area (Å²) >= 11 is 5.94. The van der Waals surface area contributed by atoms with Gasteiger partial charge in [-0.1, -0.05) is 36.7 Å². The summed E-state index contributed by atoms with van der Waals surface area (Å²) in [7, 11) is 0. The Hall–Kier alpha value is -1.47. The zero-order valence-electron chi connectivity index (χ0n) is 11.7. The lowest BCUT2D eigenvalue weighted by Gasteiger charge is -2.19. The minimum absolute atomic E-state index is 0.318. The van der Waals surface area contributed by atoms with Crippen molar-refractivity contribution in [3.05, 3.63) is 64.2 Å². The molecule has 2 rings (SSSR count). The second-order valence-electron chi connectivity index (χ2n) is 5.03. The van der Waals surface area contributed by atoms with E-state index in [2.05, 4.69) is 56.4 Å². The highest BCUT2D eigenvalue weighted by Crippen LogP contribution is 2.25. The molecule has 0 radical (unpaired) electrons. The largest absolute Gasteiger partial charge is 0.378 e. The molecule has 19 heavy (non-hydrogen) atoms. The van der Waals surface area contributed by atoms with Gasteiger partial charge in [-0.2, -0.15) is 0 Å². The molecule has 0 aliphatic carbocycles. The molecule has 2 heteroatoms. The van der Waals surface area contributed by atoms with Crippen molar-refractivity contribution in [2.45, 2.75) is 33.2 Å². The van der Waals surface area contributed by atoms with Crippen molar-refractivity contribution in [3.8, 4) is 0 Å². The van der Waals surface area contributed by atoms with Crippen molar-refractivity contribution >= 4 is 17.3 Å². The van der Waals surface area contributed by atoms with Gasteiger partial charge in [0.1, 0.15) is 0 Å². The van der Waals surface area contributed by atoms with Gasteiger partial charge in [-0.15, -0.1) is 0 Å². The standard InChI is InChI=1S/C17H20ClN/c1-4-17(14-5-7-15(18)8-6-14)19-16-10-12(2)9-13(3)11-16/h5-11,17,19H,4H2,1-3H3. The lowest BCUT2D eigenvalue weighted by molar-refractivity contribution is 0.749. The third-order valence-electron chi connectivity index (χ3n) is 3.24. The van der Waals surface area contributed by atoms with Gasteiger partial charge in [0, 0.05) is 10.7 Å². The van der Waals surface area contributed by atoms with Crippen LogP contribution in [-0.2, 0) is 0 Å². The fraction of sp³-hybridized carbons (Fsp3) is 0.294. The number of benzene rings is 2. The van der Waals surface area contributed by atoms with E-state index in [1.807, 2.05) is 12.1 Å². The molecular weight excluding hydrogens is 254 g/mol. The minimum Gasteiger partial charge on any atom is -0.378 e. The summed E-state index contributed by atoms with van der Waals surface area (Å²) in [4.78, 5) is 0. The van der Waals surface area contributed by atoms with E-state index in [1.165, 1.54) is 22.4 Å². The Morgan fingerprint density at radius 3 is 2.11 bits per heavy atom. The number of hydrogen-bond acceptors (Lipinski definition) is 1. The molecule has 0 amide bonds. The third-order valence-corrected chi connectivity index (χ3v) is 3.50. The summed E-state index contributed by atoms with van der Waals surface area (Å²) in [5, 5.41) is 4.39. The van der Waals surface area contributed by atoms with Gasteiger partial charge in [0.05, 0.1) is 6.04 Å². The van der Waals surface area contributed by atoms with Gasteiger partial charge in [-0.3, -0.25) is 0 Å². The molecule has 0 fully saturated rings. The van der Waals surface area contributed by atoms with Gasteiger partial charge in [-0.25, -0.2) is 0 Å². The molecule has 0 heterocycles. The van der Waals surface area contributed by atoms with E-state index in [0.29, 0.717) is 6.04 Å². The molecule has 0 bridgehead atoms. The van der Waals surface area contributed by atoms with E-state index in [9.17, 15) is 0 Å². The van der Waals surface area contributed by atoms with Crippen LogP contribution in [0, 0.1) is 13.8 Å². The molecule has 0 aliphatic heterocycles. The number of aryl methyl sites for hydroxylation is 2. The normalized spacial score (nSPS) is 12.2. The van der Waals surface area contributed by atoms with Crippen LogP contribution < -0.4 is 5.32 Å². The average Bonchev–Trinajstić information content (AvgIpc) is 2.36. The molecule has 1 unspecified atom stereocenters. The van der Waals surface area contributed by atoms with Crippen LogP contribution in [0.25, 0.3) is 0 Å². The SMILES string of the molecule is CCC(Nc1cc(C)cc(C)c1)c1ccc(Cl)cc1. The monoisotopic (exact) mass is 273 g/mol. The van der Waals surface area contributed by atoms with Crippen LogP contribution in [0.4, 0.5) is 5.69 Å². The zero-order valence-corrected chi connectivity index (χ0v) is 12.5. The first-order chi connectivity index (χ1) is 9.08. The van der Waals surface area contributed by atoms with Crippen molar-refractivity contribution in [2.75, 3.05) is 5.32 Å². The van der Waals surface area contributed by atoms with Gasteiger partial charge >= 0.3 is 0 Å². The van der Waals surface area contributed by atoms with Gasteiger partial charge in [0.2, 0.25) is 0 Å². The van der Waals surface area contributed by atoms with Gasteiger partial charge in [0.25, 0.3) is 0 Å². The Kier molecular flexibility index (Phi) is 4.49. The van der Waals surface area contributed by atoms with Gasteiger partial charge < -0.3 is 5.32 Å². The molecule has 2 aromatic rings. The van der Waals surface area contributed by atoms with Crippen molar-refractivity contribution in [3.63, 3.8) is 0 Å². The number of halogens is 1. The molecule has 2 aromatic carbocycles. The molecule has 0 aromatic heterocycles. The molecule has 1 nitrogen and oxygen atoms in total. The fourth-order valence-electron chi connectivity index (χ4n) is 2.38. The maximum Gasteiger partial charge on any atom is 0.0511 e. The summed E-state index contributed by atoms with van der Waals surface area (Å²) < 4.78 is 0. The first kappa shape index (κ1) is 14.0. The summed E-state index contributed by atoms with van der Waals surface area (Å²) in [5.74, 6) is 0. The van der Waals surface area contributed by atoms with Crippen LogP contribution in [0.5, 0.6) is 0 Å². The summed E-state index contributed by atoms with van der Waals surface area (Å²) in [6.07, 6.45) is 1.04. The van der Waals surface area contributed by atoms with Crippen LogP contribution in [0.1, 0.15) is 36.1 Å². The third kappa shape index (κ3) is 3.74. The van der Waals surface area contributed by atoms with Crippen molar-refractivity contribution < 1.29 is 0 Å². The molecule has 0 saturated carbocycles. The highest BCUT2D eigenvalue weighted by Gasteiger charge is 2.09. The summed E-state index contributed by atoms with van der Waals surface area (Å²) in [6, 6.07) is 15.0. The van der Waals surface area contributed by atoms with Gasteiger partial charge in [0.15, 0.2) is 0 Å². The van der Waals surface area contributed by atoms with E-state index in [4.69, 9.17) is 11.6 Å². The number of hydrogen-bond donors (Lipinski definition) is 1. The highest BCUT2D eigenvalue weighted by atomic mass is 35.5. The van der Waals surface area contributed by atoms with E-state index >= 15 is 0 Å². The molecule has 0 spiro atoms. The van der Waals surface area contributed by atoms with Crippen molar-refractivity contribution in [1.29, 1.82) is 0 Å². The number of rotatable bonds is 4. The lowest BCUT2D eigenvalue weighted by atomic mass is 10.0. The Labute approximate surface area is 120 Å². The summed E-state index contributed by atoms with van der Waals surface area (Å²) in [6.45, 7) is 6.44.